The molecule has 0 saturated carbocycles. The third-order valence-corrected chi connectivity index (χ3v) is 2.78. The summed E-state index contributed by atoms with van der Waals surface area (Å²) in [6.45, 7) is 4.28. The number of nitrogens with zero attached hydrogens (tertiary/aromatic N) is 3. The van der Waals surface area contributed by atoms with E-state index in [-0.39, 0.29) is 5.91 Å². The Balaban J connectivity index is 2.95. The first kappa shape index (κ1) is 14.0. The first-order valence-corrected chi connectivity index (χ1v) is 5.79. The van der Waals surface area contributed by atoms with Crippen LogP contribution in [-0.4, -0.2) is 31.5 Å². The van der Waals surface area contributed by atoms with E-state index in [0.29, 0.717) is 18.5 Å². The van der Waals surface area contributed by atoms with Gasteiger partial charge in [0, 0.05) is 32.8 Å². The number of aryl methyl sites for hydroxylation is 2. The maximum atomic E-state index is 11.2. The number of rotatable bonds is 4. The Labute approximate surface area is 107 Å². The second kappa shape index (κ2) is 6.01. The molecule has 0 aliphatic carbocycles. The Hall–Kier alpha value is -2.09. The van der Waals surface area contributed by atoms with E-state index in [1.807, 2.05) is 31.9 Å². The molecule has 0 radical (unpaired) electrons. The Bertz CT molecular complexity index is 490. The van der Waals surface area contributed by atoms with Gasteiger partial charge in [-0.2, -0.15) is 5.26 Å². The zero-order chi connectivity index (χ0) is 13.7. The van der Waals surface area contributed by atoms with Crippen LogP contribution < -0.4 is 10.2 Å². The molecule has 0 saturated heterocycles. The van der Waals surface area contributed by atoms with Crippen LogP contribution in [0, 0.1) is 25.2 Å². The standard InChI is InChI=1S/C13H18N4O/c1-9-7-12(11(8-14)10(2)16-9)17(4)6-5-13(18)15-3/h7H,5-6H2,1-4H3,(H,15,18). The third-order valence-electron chi connectivity index (χ3n) is 2.78. The van der Waals surface area contributed by atoms with Gasteiger partial charge in [-0.25, -0.2) is 0 Å². The molecule has 18 heavy (non-hydrogen) atoms. The van der Waals surface area contributed by atoms with Crippen molar-refractivity contribution < 1.29 is 4.79 Å². The highest BCUT2D eigenvalue weighted by Gasteiger charge is 2.12. The van der Waals surface area contributed by atoms with Crippen LogP contribution in [0.4, 0.5) is 5.69 Å². The molecule has 5 heteroatoms. The SMILES string of the molecule is CNC(=O)CCN(C)c1cc(C)nc(C)c1C#N. The van der Waals surface area contributed by atoms with Gasteiger partial charge >= 0.3 is 0 Å². The fourth-order valence-electron chi connectivity index (χ4n) is 1.76. The molecule has 0 aliphatic rings. The number of nitriles is 1. The van der Waals surface area contributed by atoms with Crippen molar-refractivity contribution in [2.45, 2.75) is 20.3 Å². The number of hydrogen-bond donors (Lipinski definition) is 1. The first-order valence-electron chi connectivity index (χ1n) is 5.79. The molecule has 0 aliphatic heterocycles. The van der Waals surface area contributed by atoms with Crippen LogP contribution in [0.1, 0.15) is 23.4 Å². The molecule has 0 fully saturated rings. The summed E-state index contributed by atoms with van der Waals surface area (Å²) in [6.07, 6.45) is 0.401. The molecule has 1 rings (SSSR count). The van der Waals surface area contributed by atoms with Crippen LogP contribution >= 0.6 is 0 Å². The lowest BCUT2D eigenvalue weighted by Crippen LogP contribution is -2.27. The second-order valence-electron chi connectivity index (χ2n) is 4.20. The van der Waals surface area contributed by atoms with Gasteiger partial charge < -0.3 is 10.2 Å². The van der Waals surface area contributed by atoms with E-state index in [4.69, 9.17) is 5.26 Å². The molecule has 1 aromatic heterocycles. The molecule has 5 nitrogen and oxygen atoms in total. The van der Waals surface area contributed by atoms with Gasteiger partial charge in [-0.1, -0.05) is 0 Å². The van der Waals surface area contributed by atoms with Crippen molar-refractivity contribution in [2.75, 3.05) is 25.5 Å². The monoisotopic (exact) mass is 246 g/mol. The molecule has 96 valence electrons. The molecule has 0 unspecified atom stereocenters. The van der Waals surface area contributed by atoms with Gasteiger partial charge in [0.1, 0.15) is 6.07 Å². The summed E-state index contributed by atoms with van der Waals surface area (Å²) >= 11 is 0. The summed E-state index contributed by atoms with van der Waals surface area (Å²) in [6, 6.07) is 4.04. The molecule has 1 heterocycles. The molecule has 1 amide bonds. The van der Waals surface area contributed by atoms with Crippen LogP contribution in [0.25, 0.3) is 0 Å². The number of anilines is 1. The number of pyridine rings is 1. The zero-order valence-electron chi connectivity index (χ0n) is 11.2. The van der Waals surface area contributed by atoms with E-state index in [0.717, 1.165) is 17.1 Å². The highest BCUT2D eigenvalue weighted by molar-refractivity contribution is 5.76. The average Bonchev–Trinajstić information content (AvgIpc) is 2.34. The molecule has 1 N–H and O–H groups in total. The summed E-state index contributed by atoms with van der Waals surface area (Å²) < 4.78 is 0. The Morgan fingerprint density at radius 1 is 1.56 bits per heavy atom. The number of nitrogens with one attached hydrogen (secondary N) is 1. The minimum absolute atomic E-state index is 0.0112. The zero-order valence-corrected chi connectivity index (χ0v) is 11.2. The van der Waals surface area contributed by atoms with Crippen LogP contribution in [0.3, 0.4) is 0 Å². The van der Waals surface area contributed by atoms with Crippen LogP contribution in [-0.2, 0) is 4.79 Å². The first-order chi connectivity index (χ1) is 8.49. The minimum Gasteiger partial charge on any atom is -0.373 e. The largest absolute Gasteiger partial charge is 0.373 e. The maximum Gasteiger partial charge on any atom is 0.221 e. The van der Waals surface area contributed by atoms with Crippen LogP contribution in [0.5, 0.6) is 0 Å². The van der Waals surface area contributed by atoms with E-state index < -0.39 is 0 Å². The smallest absolute Gasteiger partial charge is 0.221 e. The molecule has 0 aromatic carbocycles. The molecular weight excluding hydrogens is 228 g/mol. The van der Waals surface area contributed by atoms with E-state index >= 15 is 0 Å². The molecule has 1 aromatic rings. The third kappa shape index (κ3) is 3.20. The van der Waals surface area contributed by atoms with Gasteiger partial charge in [0.25, 0.3) is 0 Å². The van der Waals surface area contributed by atoms with Gasteiger partial charge in [0.2, 0.25) is 5.91 Å². The summed E-state index contributed by atoms with van der Waals surface area (Å²) in [5.41, 5.74) is 2.99. The predicted molar refractivity (Wildman–Crippen MR) is 70.4 cm³/mol. The average molecular weight is 246 g/mol. The molecular formula is C13H18N4O. The van der Waals surface area contributed by atoms with E-state index in [2.05, 4.69) is 16.4 Å². The number of carbonyl (C=O) groups is 1. The van der Waals surface area contributed by atoms with Gasteiger partial charge in [-0.05, 0) is 19.9 Å². The fraction of sp³-hybridized carbons (Fsp3) is 0.462. The van der Waals surface area contributed by atoms with Gasteiger partial charge in [0.15, 0.2) is 0 Å². The minimum atomic E-state index is -0.0112. The second-order valence-corrected chi connectivity index (χ2v) is 4.20. The molecule has 0 atom stereocenters. The highest BCUT2D eigenvalue weighted by Crippen LogP contribution is 2.22. The van der Waals surface area contributed by atoms with E-state index in [1.165, 1.54) is 0 Å². The lowest BCUT2D eigenvalue weighted by atomic mass is 10.1. The Morgan fingerprint density at radius 2 is 2.22 bits per heavy atom. The number of aromatic nitrogens is 1. The van der Waals surface area contributed by atoms with Crippen molar-refractivity contribution in [3.8, 4) is 6.07 Å². The topological polar surface area (TPSA) is 69.0 Å². The van der Waals surface area contributed by atoms with Crippen molar-refractivity contribution in [1.29, 1.82) is 5.26 Å². The molecule has 0 bridgehead atoms. The van der Waals surface area contributed by atoms with E-state index in [9.17, 15) is 4.79 Å². The van der Waals surface area contributed by atoms with Gasteiger partial charge in [0.05, 0.1) is 16.9 Å². The summed E-state index contributed by atoms with van der Waals surface area (Å²) in [4.78, 5) is 17.4. The lowest BCUT2D eigenvalue weighted by Gasteiger charge is -2.21. The number of carbonyl (C=O) groups excluding carboxylic acids is 1. The predicted octanol–water partition coefficient (Wildman–Crippen LogP) is 1.14. The quantitative estimate of drug-likeness (QED) is 0.865. The van der Waals surface area contributed by atoms with Crippen LogP contribution in [0.15, 0.2) is 6.07 Å². The maximum absolute atomic E-state index is 11.2. The van der Waals surface area contributed by atoms with Crippen molar-refractivity contribution in [1.82, 2.24) is 10.3 Å². The van der Waals surface area contributed by atoms with Crippen molar-refractivity contribution in [3.05, 3.63) is 23.0 Å². The van der Waals surface area contributed by atoms with Crippen molar-refractivity contribution >= 4 is 11.6 Å². The van der Waals surface area contributed by atoms with Crippen molar-refractivity contribution in [3.63, 3.8) is 0 Å². The lowest BCUT2D eigenvalue weighted by molar-refractivity contribution is -0.120. The van der Waals surface area contributed by atoms with Gasteiger partial charge in [-0.15, -0.1) is 0 Å². The highest BCUT2D eigenvalue weighted by atomic mass is 16.1. The van der Waals surface area contributed by atoms with E-state index in [1.54, 1.807) is 7.05 Å². The Kier molecular flexibility index (Phi) is 4.67. The normalized spacial score (nSPS) is 9.72. The van der Waals surface area contributed by atoms with Gasteiger partial charge in [-0.3, -0.25) is 9.78 Å². The Morgan fingerprint density at radius 3 is 2.78 bits per heavy atom. The summed E-state index contributed by atoms with van der Waals surface area (Å²) in [5.74, 6) is -0.0112. The van der Waals surface area contributed by atoms with Crippen LogP contribution in [0.2, 0.25) is 0 Å². The fourth-order valence-corrected chi connectivity index (χ4v) is 1.76. The van der Waals surface area contributed by atoms with Crippen molar-refractivity contribution in [2.24, 2.45) is 0 Å². The summed E-state index contributed by atoms with van der Waals surface area (Å²) in [5, 5.41) is 11.7. The number of hydrogen-bond acceptors (Lipinski definition) is 4. The molecule has 0 spiro atoms. The summed E-state index contributed by atoms with van der Waals surface area (Å²) in [7, 11) is 3.49. The number of amides is 1.